The molecule has 0 aliphatic rings. The van der Waals surface area contributed by atoms with Gasteiger partial charge in [-0.05, 0) is 12.5 Å². The second kappa shape index (κ2) is 6.04. The zero-order valence-corrected chi connectivity index (χ0v) is 10.6. The summed E-state index contributed by atoms with van der Waals surface area (Å²) in [5, 5.41) is 0. The van der Waals surface area contributed by atoms with Crippen LogP contribution in [-0.4, -0.2) is 18.6 Å². The van der Waals surface area contributed by atoms with E-state index in [2.05, 4.69) is 4.98 Å². The minimum atomic E-state index is -4.42. The van der Waals surface area contributed by atoms with Crippen molar-refractivity contribution in [3.63, 3.8) is 0 Å². The van der Waals surface area contributed by atoms with Crippen LogP contribution in [0.15, 0.2) is 12.1 Å². The molecule has 3 nitrogen and oxygen atoms in total. The number of hydrogen-bond donors (Lipinski definition) is 1. The largest absolute Gasteiger partial charge is 0.433 e. The molecule has 0 bridgehead atoms. The predicted molar refractivity (Wildman–Crippen MR) is 65.3 cm³/mol. The number of unbranched alkanes of at least 4 members (excludes halogenated alkanes) is 1. The lowest BCUT2D eigenvalue weighted by Gasteiger charge is -2.21. The highest BCUT2D eigenvalue weighted by Gasteiger charge is 2.33. The number of hydrogen-bond acceptors (Lipinski definition) is 3. The Kier molecular flexibility index (Phi) is 4.95. The Bertz CT molecular complexity index is 391. The topological polar surface area (TPSA) is 42.2 Å². The van der Waals surface area contributed by atoms with Crippen LogP contribution in [-0.2, 0) is 12.7 Å². The summed E-state index contributed by atoms with van der Waals surface area (Å²) in [6, 6.07) is 2.37. The molecule has 2 N–H and O–H groups in total. The minimum absolute atomic E-state index is 0.178. The van der Waals surface area contributed by atoms with Gasteiger partial charge in [-0.3, -0.25) is 0 Å². The average Bonchev–Trinajstić information content (AvgIpc) is 2.34. The van der Waals surface area contributed by atoms with E-state index in [0.717, 1.165) is 18.9 Å². The third-order valence-electron chi connectivity index (χ3n) is 2.67. The average molecular weight is 261 g/mol. The molecule has 0 amide bonds. The Balaban J connectivity index is 3.06. The highest BCUT2D eigenvalue weighted by Crippen LogP contribution is 2.30. The zero-order valence-electron chi connectivity index (χ0n) is 10.6. The molecular formula is C12H18F3N3. The molecule has 6 heteroatoms. The number of aromatic nitrogens is 1. The van der Waals surface area contributed by atoms with E-state index in [1.807, 2.05) is 6.92 Å². The van der Waals surface area contributed by atoms with Crippen molar-refractivity contribution in [3.8, 4) is 0 Å². The van der Waals surface area contributed by atoms with Crippen LogP contribution in [0, 0.1) is 0 Å². The van der Waals surface area contributed by atoms with Gasteiger partial charge in [0.05, 0.1) is 0 Å². The van der Waals surface area contributed by atoms with Crippen LogP contribution < -0.4 is 10.6 Å². The molecule has 0 aliphatic heterocycles. The van der Waals surface area contributed by atoms with Crippen LogP contribution in [0.25, 0.3) is 0 Å². The molecule has 1 aromatic heterocycles. The SMILES string of the molecule is CCCCN(C)c1nc(C(F)(F)F)ccc1CN. The maximum atomic E-state index is 12.6. The summed E-state index contributed by atoms with van der Waals surface area (Å²) in [5.74, 6) is 0.320. The number of nitrogens with zero attached hydrogens (tertiary/aromatic N) is 2. The first-order valence-corrected chi connectivity index (χ1v) is 5.88. The van der Waals surface area contributed by atoms with Crippen LogP contribution in [0.4, 0.5) is 19.0 Å². The van der Waals surface area contributed by atoms with E-state index in [9.17, 15) is 13.2 Å². The van der Waals surface area contributed by atoms with E-state index >= 15 is 0 Å². The molecule has 0 radical (unpaired) electrons. The summed E-state index contributed by atoms with van der Waals surface area (Å²) in [7, 11) is 1.73. The maximum Gasteiger partial charge on any atom is 0.433 e. The lowest BCUT2D eigenvalue weighted by Crippen LogP contribution is -2.23. The van der Waals surface area contributed by atoms with E-state index in [4.69, 9.17) is 5.73 Å². The summed E-state index contributed by atoms with van der Waals surface area (Å²) >= 11 is 0. The van der Waals surface area contributed by atoms with Gasteiger partial charge in [0.25, 0.3) is 0 Å². The summed E-state index contributed by atoms with van der Waals surface area (Å²) in [6.45, 7) is 2.87. The van der Waals surface area contributed by atoms with Crippen molar-refractivity contribution in [1.82, 2.24) is 4.98 Å². The molecule has 0 spiro atoms. The standard InChI is InChI=1S/C12H18F3N3/c1-3-4-7-18(2)11-9(8-16)5-6-10(17-11)12(13,14)15/h5-6H,3-4,7-8,16H2,1-2H3. The first kappa shape index (κ1) is 14.8. The van der Waals surface area contributed by atoms with Crippen molar-refractivity contribution in [1.29, 1.82) is 0 Å². The number of pyridine rings is 1. The van der Waals surface area contributed by atoms with Gasteiger partial charge < -0.3 is 10.6 Å². The monoisotopic (exact) mass is 261 g/mol. The van der Waals surface area contributed by atoms with E-state index < -0.39 is 11.9 Å². The molecule has 1 heterocycles. The molecule has 0 aliphatic carbocycles. The van der Waals surface area contributed by atoms with Gasteiger partial charge in [-0.25, -0.2) is 4.98 Å². The molecule has 18 heavy (non-hydrogen) atoms. The van der Waals surface area contributed by atoms with Crippen molar-refractivity contribution in [2.24, 2.45) is 5.73 Å². The third-order valence-corrected chi connectivity index (χ3v) is 2.67. The van der Waals surface area contributed by atoms with Crippen molar-refractivity contribution in [2.45, 2.75) is 32.5 Å². The van der Waals surface area contributed by atoms with E-state index in [0.29, 0.717) is 17.9 Å². The Hall–Kier alpha value is -1.30. The van der Waals surface area contributed by atoms with Crippen LogP contribution in [0.1, 0.15) is 31.0 Å². The Morgan fingerprint density at radius 1 is 1.33 bits per heavy atom. The van der Waals surface area contributed by atoms with Gasteiger partial charge in [0.1, 0.15) is 11.5 Å². The molecule has 1 aromatic rings. The Morgan fingerprint density at radius 2 is 2.00 bits per heavy atom. The quantitative estimate of drug-likeness (QED) is 0.886. The number of nitrogens with two attached hydrogens (primary N) is 1. The normalized spacial score (nSPS) is 11.7. The van der Waals surface area contributed by atoms with Crippen molar-refractivity contribution >= 4 is 5.82 Å². The first-order chi connectivity index (χ1) is 8.40. The maximum absolute atomic E-state index is 12.6. The fourth-order valence-electron chi connectivity index (χ4n) is 1.63. The van der Waals surface area contributed by atoms with Gasteiger partial charge in [0.2, 0.25) is 0 Å². The highest BCUT2D eigenvalue weighted by atomic mass is 19.4. The minimum Gasteiger partial charge on any atom is -0.359 e. The number of anilines is 1. The van der Waals surface area contributed by atoms with Gasteiger partial charge >= 0.3 is 6.18 Å². The molecule has 0 unspecified atom stereocenters. The van der Waals surface area contributed by atoms with Crippen LogP contribution in [0.2, 0.25) is 0 Å². The fraction of sp³-hybridized carbons (Fsp3) is 0.583. The molecule has 0 fully saturated rings. The van der Waals surface area contributed by atoms with E-state index in [1.165, 1.54) is 6.07 Å². The molecule has 0 saturated carbocycles. The van der Waals surface area contributed by atoms with Crippen molar-refractivity contribution < 1.29 is 13.2 Å². The van der Waals surface area contributed by atoms with Crippen LogP contribution >= 0.6 is 0 Å². The third kappa shape index (κ3) is 3.60. The molecule has 0 aromatic carbocycles. The number of halogens is 3. The predicted octanol–water partition coefficient (Wildman–Crippen LogP) is 2.80. The Labute approximate surface area is 105 Å². The van der Waals surface area contributed by atoms with Crippen molar-refractivity contribution in [2.75, 3.05) is 18.5 Å². The van der Waals surface area contributed by atoms with Crippen LogP contribution in [0.3, 0.4) is 0 Å². The lowest BCUT2D eigenvalue weighted by molar-refractivity contribution is -0.141. The van der Waals surface area contributed by atoms with E-state index in [1.54, 1.807) is 11.9 Å². The number of alkyl halides is 3. The fourth-order valence-corrected chi connectivity index (χ4v) is 1.63. The summed E-state index contributed by atoms with van der Waals surface area (Å²) in [5.41, 5.74) is 5.28. The van der Waals surface area contributed by atoms with Gasteiger partial charge in [0.15, 0.2) is 0 Å². The summed E-state index contributed by atoms with van der Waals surface area (Å²) in [4.78, 5) is 5.41. The van der Waals surface area contributed by atoms with E-state index in [-0.39, 0.29) is 6.54 Å². The summed E-state index contributed by atoms with van der Waals surface area (Å²) in [6.07, 6.45) is -2.55. The smallest absolute Gasteiger partial charge is 0.359 e. The molecule has 102 valence electrons. The van der Waals surface area contributed by atoms with Gasteiger partial charge in [-0.15, -0.1) is 0 Å². The van der Waals surface area contributed by atoms with Gasteiger partial charge in [-0.1, -0.05) is 19.4 Å². The van der Waals surface area contributed by atoms with Gasteiger partial charge in [0, 0.05) is 25.7 Å². The molecule has 1 rings (SSSR count). The molecular weight excluding hydrogens is 243 g/mol. The molecule has 0 saturated heterocycles. The summed E-state index contributed by atoms with van der Waals surface area (Å²) < 4.78 is 37.8. The Morgan fingerprint density at radius 3 is 2.50 bits per heavy atom. The second-order valence-electron chi connectivity index (χ2n) is 4.16. The zero-order chi connectivity index (χ0) is 13.8. The van der Waals surface area contributed by atoms with Crippen LogP contribution in [0.5, 0.6) is 0 Å². The van der Waals surface area contributed by atoms with Crippen molar-refractivity contribution in [3.05, 3.63) is 23.4 Å². The molecule has 0 atom stereocenters. The first-order valence-electron chi connectivity index (χ1n) is 5.88. The lowest BCUT2D eigenvalue weighted by atomic mass is 10.2. The highest BCUT2D eigenvalue weighted by molar-refractivity contribution is 5.47. The van der Waals surface area contributed by atoms with Gasteiger partial charge in [-0.2, -0.15) is 13.2 Å². The number of rotatable bonds is 5. The second-order valence-corrected chi connectivity index (χ2v) is 4.16.